The van der Waals surface area contributed by atoms with Gasteiger partial charge in [-0.05, 0) is 43.2 Å². The first-order valence-electron chi connectivity index (χ1n) is 8.99. The molecule has 0 atom stereocenters. The Hall–Kier alpha value is -2.00. The van der Waals surface area contributed by atoms with Gasteiger partial charge in [0.1, 0.15) is 12.4 Å². The number of carbonyl (C=O) groups is 1. The number of hydrogen-bond donors (Lipinski definition) is 1. The number of nitrogens with one attached hydrogen (secondary N) is 1. The predicted octanol–water partition coefficient (Wildman–Crippen LogP) is 5.37. The molecule has 3 rings (SSSR count). The van der Waals surface area contributed by atoms with Gasteiger partial charge in [-0.1, -0.05) is 55.5 Å². The quantitative estimate of drug-likeness (QED) is 0.730. The Kier molecular flexibility index (Phi) is 6.35. The molecule has 132 valence electrons. The van der Waals surface area contributed by atoms with Gasteiger partial charge >= 0.3 is 0 Å². The molecule has 2 aromatic rings. The summed E-state index contributed by atoms with van der Waals surface area (Å²) in [7, 11) is 0. The highest BCUT2D eigenvalue weighted by Gasteiger charge is 2.15. The number of benzene rings is 2. The largest absolute Gasteiger partial charge is 0.489 e. The van der Waals surface area contributed by atoms with Crippen molar-refractivity contribution in [3.63, 3.8) is 0 Å². The molecule has 0 aromatic heterocycles. The van der Waals surface area contributed by atoms with E-state index in [9.17, 15) is 4.79 Å². The van der Waals surface area contributed by atoms with Gasteiger partial charge in [-0.2, -0.15) is 0 Å². The lowest BCUT2D eigenvalue weighted by molar-refractivity contribution is 0.0933. The van der Waals surface area contributed by atoms with E-state index >= 15 is 0 Å². The second-order valence-corrected chi connectivity index (χ2v) is 6.97. The average molecular weight is 358 g/mol. The van der Waals surface area contributed by atoms with E-state index in [-0.39, 0.29) is 5.91 Å². The summed E-state index contributed by atoms with van der Waals surface area (Å²) in [5.74, 6) is 0.732. The monoisotopic (exact) mass is 357 g/mol. The van der Waals surface area contributed by atoms with Crippen LogP contribution in [0.25, 0.3) is 0 Å². The Morgan fingerprint density at radius 1 is 1.00 bits per heavy atom. The van der Waals surface area contributed by atoms with Crippen molar-refractivity contribution in [2.45, 2.75) is 51.2 Å². The molecule has 1 aliphatic carbocycles. The van der Waals surface area contributed by atoms with Crippen LogP contribution in [-0.2, 0) is 6.61 Å². The van der Waals surface area contributed by atoms with Crippen LogP contribution >= 0.6 is 11.6 Å². The van der Waals surface area contributed by atoms with Crippen molar-refractivity contribution in [3.05, 3.63) is 64.7 Å². The van der Waals surface area contributed by atoms with Crippen LogP contribution in [0.5, 0.6) is 5.75 Å². The fourth-order valence-corrected chi connectivity index (χ4v) is 3.36. The van der Waals surface area contributed by atoms with Crippen LogP contribution < -0.4 is 10.1 Å². The molecule has 1 aliphatic rings. The van der Waals surface area contributed by atoms with E-state index in [0.29, 0.717) is 23.2 Å². The number of rotatable bonds is 5. The van der Waals surface area contributed by atoms with Crippen LogP contribution in [0.3, 0.4) is 0 Å². The van der Waals surface area contributed by atoms with E-state index in [1.807, 2.05) is 48.5 Å². The standard InChI is InChI=1S/C21H24ClNO2/c22-20-10-6-5-7-17(20)15-25-19-13-11-16(12-14-19)21(24)23-18-8-3-1-2-4-9-18/h5-7,10-14,18H,1-4,8-9,15H2,(H,23,24). The minimum absolute atomic E-state index is 0.00422. The normalized spacial score (nSPS) is 15.4. The Labute approximate surface area is 154 Å². The van der Waals surface area contributed by atoms with E-state index in [2.05, 4.69) is 5.32 Å². The van der Waals surface area contributed by atoms with E-state index in [1.54, 1.807) is 0 Å². The molecule has 0 aliphatic heterocycles. The predicted molar refractivity (Wildman–Crippen MR) is 101 cm³/mol. The van der Waals surface area contributed by atoms with Gasteiger partial charge in [0.05, 0.1) is 0 Å². The Balaban J connectivity index is 1.54. The maximum Gasteiger partial charge on any atom is 0.251 e. The van der Waals surface area contributed by atoms with Gasteiger partial charge in [0, 0.05) is 22.2 Å². The second-order valence-electron chi connectivity index (χ2n) is 6.57. The van der Waals surface area contributed by atoms with Gasteiger partial charge in [0.15, 0.2) is 0 Å². The van der Waals surface area contributed by atoms with Crippen molar-refractivity contribution in [2.75, 3.05) is 0 Å². The van der Waals surface area contributed by atoms with Crippen LogP contribution in [0.15, 0.2) is 48.5 Å². The summed E-state index contributed by atoms with van der Waals surface area (Å²) in [6, 6.07) is 15.2. The van der Waals surface area contributed by atoms with Crippen molar-refractivity contribution in [1.82, 2.24) is 5.32 Å². The number of ether oxygens (including phenoxy) is 1. The molecule has 25 heavy (non-hydrogen) atoms. The molecule has 2 aromatic carbocycles. The molecule has 1 fully saturated rings. The summed E-state index contributed by atoms with van der Waals surface area (Å²) in [4.78, 5) is 12.4. The SMILES string of the molecule is O=C(NC1CCCCCC1)c1ccc(OCc2ccccc2Cl)cc1. The van der Waals surface area contributed by atoms with Crippen LogP contribution in [0.2, 0.25) is 5.02 Å². The molecule has 4 heteroatoms. The number of carbonyl (C=O) groups excluding carboxylic acids is 1. The van der Waals surface area contributed by atoms with E-state index in [4.69, 9.17) is 16.3 Å². The number of hydrogen-bond acceptors (Lipinski definition) is 2. The highest BCUT2D eigenvalue weighted by molar-refractivity contribution is 6.31. The molecule has 0 saturated heterocycles. The highest BCUT2D eigenvalue weighted by Crippen LogP contribution is 2.20. The number of amides is 1. The molecule has 0 bridgehead atoms. The molecule has 0 unspecified atom stereocenters. The van der Waals surface area contributed by atoms with Gasteiger partial charge < -0.3 is 10.1 Å². The average Bonchev–Trinajstić information content (AvgIpc) is 2.90. The Morgan fingerprint density at radius 3 is 2.36 bits per heavy atom. The molecular weight excluding hydrogens is 334 g/mol. The zero-order valence-electron chi connectivity index (χ0n) is 14.3. The zero-order chi connectivity index (χ0) is 17.5. The first-order valence-corrected chi connectivity index (χ1v) is 9.37. The fraction of sp³-hybridized carbons (Fsp3) is 0.381. The lowest BCUT2D eigenvalue weighted by Gasteiger charge is -2.16. The first kappa shape index (κ1) is 17.8. The van der Waals surface area contributed by atoms with Gasteiger partial charge in [-0.15, -0.1) is 0 Å². The fourth-order valence-electron chi connectivity index (χ4n) is 3.17. The van der Waals surface area contributed by atoms with Crippen LogP contribution in [0.1, 0.15) is 54.4 Å². The highest BCUT2D eigenvalue weighted by atomic mass is 35.5. The number of halogens is 1. The van der Waals surface area contributed by atoms with Crippen molar-refractivity contribution in [1.29, 1.82) is 0 Å². The zero-order valence-corrected chi connectivity index (χ0v) is 15.1. The lowest BCUT2D eigenvalue weighted by Crippen LogP contribution is -2.34. The van der Waals surface area contributed by atoms with E-state index in [0.717, 1.165) is 24.2 Å². The molecule has 1 N–H and O–H groups in total. The topological polar surface area (TPSA) is 38.3 Å². The van der Waals surface area contributed by atoms with Crippen LogP contribution in [0.4, 0.5) is 0 Å². The van der Waals surface area contributed by atoms with Crippen molar-refractivity contribution >= 4 is 17.5 Å². The minimum atomic E-state index is 0.00422. The van der Waals surface area contributed by atoms with Crippen LogP contribution in [0, 0.1) is 0 Å². The minimum Gasteiger partial charge on any atom is -0.489 e. The summed E-state index contributed by atoms with van der Waals surface area (Å²) in [5.41, 5.74) is 1.62. The Bertz CT molecular complexity index is 691. The molecule has 1 saturated carbocycles. The molecule has 0 heterocycles. The second kappa shape index (κ2) is 8.91. The van der Waals surface area contributed by atoms with Gasteiger partial charge in [-0.25, -0.2) is 0 Å². The van der Waals surface area contributed by atoms with Crippen molar-refractivity contribution in [3.8, 4) is 5.75 Å². The summed E-state index contributed by atoms with van der Waals surface area (Å²) < 4.78 is 5.76. The lowest BCUT2D eigenvalue weighted by atomic mass is 10.1. The summed E-state index contributed by atoms with van der Waals surface area (Å²) in [5, 5.41) is 3.86. The van der Waals surface area contributed by atoms with Crippen molar-refractivity contribution < 1.29 is 9.53 Å². The summed E-state index contributed by atoms with van der Waals surface area (Å²) in [6.45, 7) is 0.410. The summed E-state index contributed by atoms with van der Waals surface area (Å²) in [6.07, 6.45) is 7.16. The van der Waals surface area contributed by atoms with Crippen LogP contribution in [-0.4, -0.2) is 11.9 Å². The molecule has 0 radical (unpaired) electrons. The maximum atomic E-state index is 12.4. The summed E-state index contributed by atoms with van der Waals surface area (Å²) >= 11 is 6.13. The molecule has 1 amide bonds. The molecule has 3 nitrogen and oxygen atoms in total. The third-order valence-electron chi connectivity index (χ3n) is 4.66. The molecule has 0 spiro atoms. The van der Waals surface area contributed by atoms with E-state index in [1.165, 1.54) is 25.7 Å². The first-order chi connectivity index (χ1) is 12.2. The third kappa shape index (κ3) is 5.23. The molecular formula is C21H24ClNO2. The smallest absolute Gasteiger partial charge is 0.251 e. The van der Waals surface area contributed by atoms with Gasteiger partial charge in [-0.3, -0.25) is 4.79 Å². The van der Waals surface area contributed by atoms with Gasteiger partial charge in [0.25, 0.3) is 5.91 Å². The van der Waals surface area contributed by atoms with Gasteiger partial charge in [0.2, 0.25) is 0 Å². The van der Waals surface area contributed by atoms with Crippen molar-refractivity contribution in [2.24, 2.45) is 0 Å². The maximum absolute atomic E-state index is 12.4. The van der Waals surface area contributed by atoms with E-state index < -0.39 is 0 Å². The third-order valence-corrected chi connectivity index (χ3v) is 5.03. The Morgan fingerprint density at radius 2 is 1.68 bits per heavy atom.